The van der Waals surface area contributed by atoms with E-state index in [9.17, 15) is 5.11 Å². The lowest BCUT2D eigenvalue weighted by atomic mass is 10.1. The lowest BCUT2D eigenvalue weighted by Gasteiger charge is -2.29. The van der Waals surface area contributed by atoms with Crippen LogP contribution in [0.3, 0.4) is 0 Å². The molecule has 14 heavy (non-hydrogen) atoms. The molecule has 0 bridgehead atoms. The maximum Gasteiger partial charge on any atom is 0.0564 e. The monoisotopic (exact) mass is 190 g/mol. The van der Waals surface area contributed by atoms with Gasteiger partial charge in [0.1, 0.15) is 0 Å². The quantitative estimate of drug-likeness (QED) is 0.763. The standard InChI is InChI=1S/C12H16NO/c14-12-6-8-13(9-7-12)10-11-4-2-1-3-5-11/h2-5,12,14H,6-10H2. The van der Waals surface area contributed by atoms with E-state index in [0.29, 0.717) is 0 Å². The van der Waals surface area contributed by atoms with E-state index in [4.69, 9.17) is 0 Å². The molecule has 1 N–H and O–H groups in total. The zero-order valence-electron chi connectivity index (χ0n) is 8.32. The Morgan fingerprint density at radius 1 is 1.29 bits per heavy atom. The first kappa shape index (κ1) is 9.69. The molecule has 75 valence electrons. The van der Waals surface area contributed by atoms with Gasteiger partial charge >= 0.3 is 0 Å². The van der Waals surface area contributed by atoms with Crippen LogP contribution in [-0.2, 0) is 6.54 Å². The summed E-state index contributed by atoms with van der Waals surface area (Å²) in [6, 6.07) is 11.1. The van der Waals surface area contributed by atoms with Crippen LogP contribution in [0.25, 0.3) is 0 Å². The Morgan fingerprint density at radius 3 is 2.57 bits per heavy atom. The zero-order chi connectivity index (χ0) is 9.80. The normalized spacial score (nSPS) is 19.8. The molecule has 1 heterocycles. The van der Waals surface area contributed by atoms with Crippen molar-refractivity contribution in [3.05, 3.63) is 35.9 Å². The van der Waals surface area contributed by atoms with Gasteiger partial charge in [0.25, 0.3) is 0 Å². The molecular formula is C12H16NO. The van der Waals surface area contributed by atoms with Crippen LogP contribution in [0.15, 0.2) is 24.3 Å². The van der Waals surface area contributed by atoms with Crippen LogP contribution in [0, 0.1) is 6.07 Å². The van der Waals surface area contributed by atoms with Crippen molar-refractivity contribution in [2.45, 2.75) is 25.5 Å². The summed E-state index contributed by atoms with van der Waals surface area (Å²) in [5.74, 6) is 0. The molecule has 2 rings (SSSR count). The molecule has 2 heteroatoms. The molecule has 1 aliphatic rings. The minimum absolute atomic E-state index is 0.0737. The summed E-state index contributed by atoms with van der Waals surface area (Å²) in [7, 11) is 0. The number of benzene rings is 1. The number of hydrogen-bond acceptors (Lipinski definition) is 2. The van der Waals surface area contributed by atoms with E-state index in [-0.39, 0.29) is 6.10 Å². The second kappa shape index (κ2) is 4.58. The molecule has 0 saturated carbocycles. The third kappa shape index (κ3) is 2.56. The number of rotatable bonds is 2. The molecule has 1 aliphatic heterocycles. The number of aliphatic hydroxyl groups excluding tert-OH is 1. The highest BCUT2D eigenvalue weighted by molar-refractivity contribution is 5.13. The number of nitrogens with zero attached hydrogens (tertiary/aromatic N) is 1. The van der Waals surface area contributed by atoms with Crippen molar-refractivity contribution in [2.75, 3.05) is 13.1 Å². The van der Waals surface area contributed by atoms with E-state index >= 15 is 0 Å². The van der Waals surface area contributed by atoms with Crippen LogP contribution >= 0.6 is 0 Å². The van der Waals surface area contributed by atoms with Crippen LogP contribution < -0.4 is 0 Å². The third-order valence-electron chi connectivity index (χ3n) is 2.75. The van der Waals surface area contributed by atoms with Crippen molar-refractivity contribution in [1.82, 2.24) is 4.90 Å². The van der Waals surface area contributed by atoms with Crippen LogP contribution in [0.5, 0.6) is 0 Å². The van der Waals surface area contributed by atoms with Crippen molar-refractivity contribution in [3.63, 3.8) is 0 Å². The number of piperidine rings is 1. The maximum atomic E-state index is 9.36. The van der Waals surface area contributed by atoms with Gasteiger partial charge in [0.2, 0.25) is 0 Å². The van der Waals surface area contributed by atoms with Gasteiger partial charge in [0.15, 0.2) is 0 Å². The maximum absolute atomic E-state index is 9.36. The highest BCUT2D eigenvalue weighted by atomic mass is 16.3. The molecule has 0 aromatic heterocycles. The van der Waals surface area contributed by atoms with Crippen molar-refractivity contribution < 1.29 is 5.11 Å². The van der Waals surface area contributed by atoms with Gasteiger partial charge in [-0.2, -0.15) is 0 Å². The van der Waals surface area contributed by atoms with E-state index in [0.717, 1.165) is 32.5 Å². The summed E-state index contributed by atoms with van der Waals surface area (Å²) >= 11 is 0. The summed E-state index contributed by atoms with van der Waals surface area (Å²) in [6.07, 6.45) is 1.76. The van der Waals surface area contributed by atoms with Crippen molar-refractivity contribution in [1.29, 1.82) is 0 Å². The number of likely N-dealkylation sites (tertiary alicyclic amines) is 1. The van der Waals surface area contributed by atoms with E-state index in [1.165, 1.54) is 5.56 Å². The van der Waals surface area contributed by atoms with E-state index in [1.807, 2.05) is 12.1 Å². The molecule has 2 nitrogen and oxygen atoms in total. The third-order valence-corrected chi connectivity index (χ3v) is 2.75. The summed E-state index contributed by atoms with van der Waals surface area (Å²) in [5.41, 5.74) is 1.33. The topological polar surface area (TPSA) is 23.5 Å². The SMILES string of the molecule is OC1CCN(Cc2cc[c]cc2)CC1. The molecule has 1 radical (unpaired) electrons. The van der Waals surface area contributed by atoms with Gasteiger partial charge in [-0.1, -0.05) is 24.3 Å². The number of aliphatic hydroxyl groups is 1. The zero-order valence-corrected chi connectivity index (χ0v) is 8.32. The van der Waals surface area contributed by atoms with Gasteiger partial charge in [-0.15, -0.1) is 0 Å². The molecule has 1 aromatic carbocycles. The first-order valence-electron chi connectivity index (χ1n) is 5.20. The predicted octanol–water partition coefficient (Wildman–Crippen LogP) is 1.44. The molecule has 1 saturated heterocycles. The fraction of sp³-hybridized carbons (Fsp3) is 0.500. The van der Waals surface area contributed by atoms with Gasteiger partial charge in [-0.25, -0.2) is 0 Å². The van der Waals surface area contributed by atoms with Crippen molar-refractivity contribution >= 4 is 0 Å². The van der Waals surface area contributed by atoms with Gasteiger partial charge < -0.3 is 5.11 Å². The second-order valence-corrected chi connectivity index (χ2v) is 3.92. The van der Waals surface area contributed by atoms with E-state index in [2.05, 4.69) is 23.1 Å². The van der Waals surface area contributed by atoms with Crippen molar-refractivity contribution in [2.24, 2.45) is 0 Å². The Hall–Kier alpha value is -0.860. The van der Waals surface area contributed by atoms with Gasteiger partial charge in [-0.3, -0.25) is 4.90 Å². The largest absolute Gasteiger partial charge is 0.393 e. The number of hydrogen-bond donors (Lipinski definition) is 1. The lowest BCUT2D eigenvalue weighted by Crippen LogP contribution is -2.35. The molecule has 0 atom stereocenters. The highest BCUT2D eigenvalue weighted by Gasteiger charge is 2.16. The molecule has 1 aromatic rings. The second-order valence-electron chi connectivity index (χ2n) is 3.92. The smallest absolute Gasteiger partial charge is 0.0564 e. The molecule has 0 unspecified atom stereocenters. The lowest BCUT2D eigenvalue weighted by molar-refractivity contribution is 0.0792. The molecule has 1 fully saturated rings. The Morgan fingerprint density at radius 2 is 1.93 bits per heavy atom. The Labute approximate surface area is 85.2 Å². The molecule has 0 spiro atoms. The Bertz CT molecular complexity index is 265. The summed E-state index contributed by atoms with van der Waals surface area (Å²) in [6.45, 7) is 3.03. The Kier molecular flexibility index (Phi) is 3.17. The molecular weight excluding hydrogens is 174 g/mol. The first-order chi connectivity index (χ1) is 6.84. The molecule has 0 aliphatic carbocycles. The summed E-state index contributed by atoms with van der Waals surface area (Å²) in [5, 5.41) is 9.36. The average Bonchev–Trinajstić information content (AvgIpc) is 2.23. The first-order valence-corrected chi connectivity index (χ1v) is 5.20. The minimum Gasteiger partial charge on any atom is -0.393 e. The average molecular weight is 190 g/mol. The predicted molar refractivity (Wildman–Crippen MR) is 55.8 cm³/mol. The van der Waals surface area contributed by atoms with E-state index in [1.54, 1.807) is 0 Å². The van der Waals surface area contributed by atoms with Gasteiger partial charge in [0.05, 0.1) is 6.10 Å². The molecule has 0 amide bonds. The van der Waals surface area contributed by atoms with Gasteiger partial charge in [-0.05, 0) is 24.5 Å². The van der Waals surface area contributed by atoms with Crippen LogP contribution in [-0.4, -0.2) is 29.2 Å². The van der Waals surface area contributed by atoms with Gasteiger partial charge in [0, 0.05) is 19.6 Å². The van der Waals surface area contributed by atoms with E-state index < -0.39 is 0 Å². The highest BCUT2D eigenvalue weighted by Crippen LogP contribution is 2.13. The van der Waals surface area contributed by atoms with Crippen LogP contribution in [0.1, 0.15) is 18.4 Å². The fourth-order valence-corrected chi connectivity index (χ4v) is 1.86. The van der Waals surface area contributed by atoms with Crippen molar-refractivity contribution in [3.8, 4) is 0 Å². The fourth-order valence-electron chi connectivity index (χ4n) is 1.86. The Balaban J connectivity index is 1.87. The summed E-state index contributed by atoms with van der Waals surface area (Å²) < 4.78 is 0. The minimum atomic E-state index is -0.0737. The van der Waals surface area contributed by atoms with Crippen LogP contribution in [0.4, 0.5) is 0 Å². The van der Waals surface area contributed by atoms with Crippen LogP contribution in [0.2, 0.25) is 0 Å². The summed E-state index contributed by atoms with van der Waals surface area (Å²) in [4.78, 5) is 2.39.